The summed E-state index contributed by atoms with van der Waals surface area (Å²) in [6.07, 6.45) is 0.978. The Labute approximate surface area is 131 Å². The second-order valence-electron chi connectivity index (χ2n) is 5.18. The van der Waals surface area contributed by atoms with Gasteiger partial charge in [0.1, 0.15) is 11.6 Å². The first-order valence-corrected chi connectivity index (χ1v) is 6.71. The highest BCUT2D eigenvalue weighted by Gasteiger charge is 2.18. The van der Waals surface area contributed by atoms with E-state index in [4.69, 9.17) is 5.26 Å². The molecule has 0 aliphatic carbocycles. The standard InChI is InChI=1S/C15H14N4O4/c1-9-4-13(10(2)17(9)3)14(20)8-18-7-12(19(22)23)5-11(6-16)15(18)21/h4-5,7H,8H2,1-3H3. The fraction of sp³-hybridized carbons (Fsp3) is 0.267. The number of ketones is 1. The van der Waals surface area contributed by atoms with Gasteiger partial charge < -0.3 is 4.57 Å². The van der Waals surface area contributed by atoms with Gasteiger partial charge in [0.25, 0.3) is 11.2 Å². The molecule has 0 aliphatic heterocycles. The number of hydrogen-bond acceptors (Lipinski definition) is 5. The largest absolute Gasteiger partial charge is 0.351 e. The van der Waals surface area contributed by atoms with Gasteiger partial charge in [-0.2, -0.15) is 5.26 Å². The van der Waals surface area contributed by atoms with Gasteiger partial charge in [0.05, 0.1) is 17.7 Å². The monoisotopic (exact) mass is 314 g/mol. The van der Waals surface area contributed by atoms with Crippen LogP contribution < -0.4 is 5.56 Å². The molecule has 0 radical (unpaired) electrons. The molecule has 0 saturated heterocycles. The van der Waals surface area contributed by atoms with E-state index in [9.17, 15) is 19.7 Å². The highest BCUT2D eigenvalue weighted by molar-refractivity contribution is 5.97. The number of carbonyl (C=O) groups excluding carboxylic acids is 1. The van der Waals surface area contributed by atoms with E-state index in [0.29, 0.717) is 5.56 Å². The summed E-state index contributed by atoms with van der Waals surface area (Å²) in [4.78, 5) is 34.6. The number of Topliss-reactive ketones (excluding diaryl/α,β-unsaturated/α-hetero) is 1. The predicted molar refractivity (Wildman–Crippen MR) is 81.3 cm³/mol. The topological polar surface area (TPSA) is 111 Å². The number of hydrogen-bond donors (Lipinski definition) is 0. The maximum absolute atomic E-state index is 12.4. The zero-order valence-corrected chi connectivity index (χ0v) is 12.9. The first-order valence-electron chi connectivity index (χ1n) is 6.71. The Morgan fingerprint density at radius 2 is 2.04 bits per heavy atom. The second-order valence-corrected chi connectivity index (χ2v) is 5.18. The van der Waals surface area contributed by atoms with Crippen LogP contribution in [0.15, 0.2) is 23.1 Å². The molecule has 2 rings (SSSR count). The highest BCUT2D eigenvalue weighted by Crippen LogP contribution is 2.15. The number of nitrogens with zero attached hydrogens (tertiary/aromatic N) is 4. The van der Waals surface area contributed by atoms with Gasteiger partial charge in [-0.3, -0.25) is 24.3 Å². The molecule has 0 fully saturated rings. The van der Waals surface area contributed by atoms with Crippen LogP contribution in [0.1, 0.15) is 27.3 Å². The summed E-state index contributed by atoms with van der Waals surface area (Å²) in [6, 6.07) is 4.22. The third kappa shape index (κ3) is 2.89. The molecule has 0 aliphatic rings. The number of aromatic nitrogens is 2. The first kappa shape index (κ1) is 16.2. The number of nitro groups is 1. The van der Waals surface area contributed by atoms with E-state index >= 15 is 0 Å². The van der Waals surface area contributed by atoms with Crippen molar-refractivity contribution < 1.29 is 9.72 Å². The van der Waals surface area contributed by atoms with Crippen molar-refractivity contribution in [3.63, 3.8) is 0 Å². The summed E-state index contributed by atoms with van der Waals surface area (Å²) in [5, 5.41) is 19.8. The van der Waals surface area contributed by atoms with Gasteiger partial charge in [-0.25, -0.2) is 0 Å². The Balaban J connectivity index is 2.47. The van der Waals surface area contributed by atoms with E-state index in [1.165, 1.54) is 0 Å². The molecule has 8 heteroatoms. The molecule has 0 saturated carbocycles. The molecule has 2 heterocycles. The van der Waals surface area contributed by atoms with Crippen LogP contribution in [0.2, 0.25) is 0 Å². The van der Waals surface area contributed by atoms with Crippen LogP contribution in [-0.2, 0) is 13.6 Å². The van der Waals surface area contributed by atoms with Gasteiger partial charge in [0, 0.05) is 30.1 Å². The Kier molecular flexibility index (Phi) is 4.14. The van der Waals surface area contributed by atoms with E-state index in [2.05, 4.69) is 0 Å². The van der Waals surface area contributed by atoms with Crippen LogP contribution in [0, 0.1) is 35.3 Å². The first-order chi connectivity index (χ1) is 10.8. The zero-order chi connectivity index (χ0) is 17.3. The SMILES string of the molecule is Cc1cc(C(=O)Cn2cc([N+](=O)[O-])cc(C#N)c2=O)c(C)n1C. The minimum absolute atomic E-state index is 0.349. The second kappa shape index (κ2) is 5.88. The Hall–Kier alpha value is -3.21. The van der Waals surface area contributed by atoms with Gasteiger partial charge in [0.15, 0.2) is 5.78 Å². The smallest absolute Gasteiger partial charge is 0.287 e. The van der Waals surface area contributed by atoms with Gasteiger partial charge in [0.2, 0.25) is 0 Å². The third-order valence-electron chi connectivity index (χ3n) is 3.79. The zero-order valence-electron chi connectivity index (χ0n) is 12.9. The molecular weight excluding hydrogens is 300 g/mol. The van der Waals surface area contributed by atoms with Crippen molar-refractivity contribution in [1.82, 2.24) is 9.13 Å². The fourth-order valence-corrected chi connectivity index (χ4v) is 2.29. The van der Waals surface area contributed by atoms with Crippen LogP contribution in [-0.4, -0.2) is 19.8 Å². The molecule has 0 spiro atoms. The van der Waals surface area contributed by atoms with Crippen LogP contribution >= 0.6 is 0 Å². The van der Waals surface area contributed by atoms with Crippen LogP contribution in [0.5, 0.6) is 0 Å². The molecule has 2 aromatic heterocycles. The molecular formula is C15H14N4O4. The number of rotatable bonds is 4. The summed E-state index contributed by atoms with van der Waals surface area (Å²) in [7, 11) is 1.81. The van der Waals surface area contributed by atoms with Crippen molar-refractivity contribution in [2.24, 2.45) is 7.05 Å². The molecule has 0 bridgehead atoms. The van der Waals surface area contributed by atoms with Crippen LogP contribution in [0.4, 0.5) is 5.69 Å². The average Bonchev–Trinajstić information content (AvgIpc) is 2.76. The van der Waals surface area contributed by atoms with Crippen molar-refractivity contribution in [2.45, 2.75) is 20.4 Å². The maximum Gasteiger partial charge on any atom is 0.287 e. The fourth-order valence-electron chi connectivity index (χ4n) is 2.29. The Morgan fingerprint density at radius 3 is 2.52 bits per heavy atom. The molecule has 23 heavy (non-hydrogen) atoms. The number of nitriles is 1. The molecule has 8 nitrogen and oxygen atoms in total. The molecule has 2 aromatic rings. The highest BCUT2D eigenvalue weighted by atomic mass is 16.6. The Morgan fingerprint density at radius 1 is 1.39 bits per heavy atom. The van der Waals surface area contributed by atoms with E-state index in [1.54, 1.807) is 19.1 Å². The van der Waals surface area contributed by atoms with Crippen molar-refractivity contribution >= 4 is 11.5 Å². The summed E-state index contributed by atoms with van der Waals surface area (Å²) < 4.78 is 2.74. The van der Waals surface area contributed by atoms with Crippen molar-refractivity contribution in [3.05, 3.63) is 61.3 Å². The van der Waals surface area contributed by atoms with Gasteiger partial charge in [-0.15, -0.1) is 0 Å². The minimum atomic E-state index is -0.725. The lowest BCUT2D eigenvalue weighted by Gasteiger charge is -2.06. The van der Waals surface area contributed by atoms with E-state index < -0.39 is 16.2 Å². The van der Waals surface area contributed by atoms with E-state index in [0.717, 1.165) is 28.2 Å². The minimum Gasteiger partial charge on any atom is -0.351 e. The molecule has 0 atom stereocenters. The van der Waals surface area contributed by atoms with Gasteiger partial charge >= 0.3 is 0 Å². The van der Waals surface area contributed by atoms with Crippen molar-refractivity contribution in [2.75, 3.05) is 0 Å². The van der Waals surface area contributed by atoms with Gasteiger partial charge in [-0.1, -0.05) is 0 Å². The maximum atomic E-state index is 12.4. The van der Waals surface area contributed by atoms with Crippen LogP contribution in [0.25, 0.3) is 0 Å². The molecule has 0 amide bonds. The summed E-state index contributed by atoms with van der Waals surface area (Å²) in [5.74, 6) is -0.349. The summed E-state index contributed by atoms with van der Waals surface area (Å²) in [6.45, 7) is 3.26. The lowest BCUT2D eigenvalue weighted by molar-refractivity contribution is -0.385. The van der Waals surface area contributed by atoms with E-state index in [1.807, 2.05) is 18.5 Å². The lowest BCUT2D eigenvalue weighted by atomic mass is 10.1. The van der Waals surface area contributed by atoms with E-state index in [-0.39, 0.29) is 17.9 Å². The lowest BCUT2D eigenvalue weighted by Crippen LogP contribution is -2.26. The quantitative estimate of drug-likeness (QED) is 0.482. The third-order valence-corrected chi connectivity index (χ3v) is 3.79. The Bertz CT molecular complexity index is 915. The number of pyridine rings is 1. The molecule has 118 valence electrons. The molecule has 0 aromatic carbocycles. The average molecular weight is 314 g/mol. The predicted octanol–water partition coefficient (Wildman–Crippen LogP) is 1.47. The van der Waals surface area contributed by atoms with Crippen molar-refractivity contribution in [1.29, 1.82) is 5.26 Å². The van der Waals surface area contributed by atoms with Gasteiger partial charge in [-0.05, 0) is 19.9 Å². The number of carbonyl (C=O) groups is 1. The van der Waals surface area contributed by atoms with Crippen molar-refractivity contribution in [3.8, 4) is 6.07 Å². The molecule has 0 N–H and O–H groups in total. The number of aryl methyl sites for hydroxylation is 1. The summed E-state index contributed by atoms with van der Waals surface area (Å²) >= 11 is 0. The normalized spacial score (nSPS) is 10.3. The summed E-state index contributed by atoms with van der Waals surface area (Å²) in [5.41, 5.74) is 0.572. The molecule has 0 unspecified atom stereocenters. The van der Waals surface area contributed by atoms with Crippen LogP contribution in [0.3, 0.4) is 0 Å².